The van der Waals surface area contributed by atoms with Crippen LogP contribution in [0.15, 0.2) is 42.5 Å². The Morgan fingerprint density at radius 2 is 1.88 bits per heavy atom. The highest BCUT2D eigenvalue weighted by Gasteiger charge is 2.04. The largest absolute Gasteiger partial charge is 0.488 e. The zero-order valence-corrected chi connectivity index (χ0v) is 9.80. The van der Waals surface area contributed by atoms with Crippen LogP contribution in [0.5, 0.6) is 5.75 Å². The van der Waals surface area contributed by atoms with Gasteiger partial charge in [-0.25, -0.2) is 0 Å². The van der Waals surface area contributed by atoms with Crippen molar-refractivity contribution in [2.75, 3.05) is 13.2 Å². The first-order valence-electron chi connectivity index (χ1n) is 5.71. The van der Waals surface area contributed by atoms with Crippen LogP contribution in [0.25, 0.3) is 10.8 Å². The first-order chi connectivity index (χ1) is 8.29. The maximum atomic E-state index is 9.38. The van der Waals surface area contributed by atoms with Crippen LogP contribution in [0.3, 0.4) is 0 Å². The predicted octanol–water partition coefficient (Wildman–Crippen LogP) is 2.57. The van der Waals surface area contributed by atoms with Gasteiger partial charge < -0.3 is 14.6 Å². The van der Waals surface area contributed by atoms with E-state index in [9.17, 15) is 5.11 Å². The molecule has 90 valence electrons. The zero-order valence-electron chi connectivity index (χ0n) is 9.80. The first kappa shape index (κ1) is 11.9. The van der Waals surface area contributed by atoms with Gasteiger partial charge in [0.25, 0.3) is 0 Å². The molecule has 1 unspecified atom stereocenters. The van der Waals surface area contributed by atoms with Crippen molar-refractivity contribution in [3.05, 3.63) is 42.5 Å². The lowest BCUT2D eigenvalue weighted by Gasteiger charge is -2.12. The summed E-state index contributed by atoms with van der Waals surface area (Å²) >= 11 is 0. The van der Waals surface area contributed by atoms with Crippen molar-refractivity contribution in [2.24, 2.45) is 0 Å². The van der Waals surface area contributed by atoms with Gasteiger partial charge in [-0.2, -0.15) is 0 Å². The molecule has 0 aliphatic rings. The summed E-state index contributed by atoms with van der Waals surface area (Å²) < 4.78 is 10.4. The van der Waals surface area contributed by atoms with Crippen molar-refractivity contribution in [1.82, 2.24) is 0 Å². The maximum Gasteiger partial charge on any atom is 0.189 e. The summed E-state index contributed by atoms with van der Waals surface area (Å²) in [6.45, 7) is 2.45. The molecule has 0 saturated carbocycles. The molecule has 0 heterocycles. The Morgan fingerprint density at radius 3 is 2.65 bits per heavy atom. The summed E-state index contributed by atoms with van der Waals surface area (Å²) in [4.78, 5) is 0. The van der Waals surface area contributed by atoms with Gasteiger partial charge in [0.1, 0.15) is 12.4 Å². The summed E-state index contributed by atoms with van der Waals surface area (Å²) in [5.74, 6) is 0.738. The SMILES string of the molecule is CCOC(O)COc1ccc2ccccc2c1. The Morgan fingerprint density at radius 1 is 1.12 bits per heavy atom. The fourth-order valence-electron chi connectivity index (χ4n) is 1.67. The molecule has 0 radical (unpaired) electrons. The molecule has 3 heteroatoms. The molecule has 0 aromatic heterocycles. The minimum atomic E-state index is -0.869. The second kappa shape index (κ2) is 5.66. The second-order valence-electron chi connectivity index (χ2n) is 3.73. The molecular weight excluding hydrogens is 216 g/mol. The van der Waals surface area contributed by atoms with Gasteiger partial charge in [0.2, 0.25) is 0 Å². The minimum absolute atomic E-state index is 0.145. The van der Waals surface area contributed by atoms with Gasteiger partial charge in [0, 0.05) is 6.61 Å². The maximum absolute atomic E-state index is 9.38. The van der Waals surface area contributed by atoms with E-state index >= 15 is 0 Å². The zero-order chi connectivity index (χ0) is 12.1. The van der Waals surface area contributed by atoms with Crippen LogP contribution in [0.1, 0.15) is 6.92 Å². The Kier molecular flexibility index (Phi) is 3.96. The third-order valence-electron chi connectivity index (χ3n) is 2.47. The van der Waals surface area contributed by atoms with Crippen molar-refractivity contribution in [2.45, 2.75) is 13.2 Å². The second-order valence-corrected chi connectivity index (χ2v) is 3.73. The predicted molar refractivity (Wildman–Crippen MR) is 67.1 cm³/mol. The van der Waals surface area contributed by atoms with Crippen molar-refractivity contribution in [3.8, 4) is 5.75 Å². The number of aliphatic hydroxyl groups is 1. The smallest absolute Gasteiger partial charge is 0.189 e. The number of hydrogen-bond donors (Lipinski definition) is 1. The number of fused-ring (bicyclic) bond motifs is 1. The van der Waals surface area contributed by atoms with Gasteiger partial charge >= 0.3 is 0 Å². The van der Waals surface area contributed by atoms with E-state index in [4.69, 9.17) is 9.47 Å². The van der Waals surface area contributed by atoms with Gasteiger partial charge in [-0.1, -0.05) is 30.3 Å². The summed E-state index contributed by atoms with van der Waals surface area (Å²) in [6, 6.07) is 13.9. The normalized spacial score (nSPS) is 12.6. The highest BCUT2D eigenvalue weighted by atomic mass is 16.6. The lowest BCUT2D eigenvalue weighted by atomic mass is 10.1. The fraction of sp³-hybridized carbons (Fsp3) is 0.286. The number of ether oxygens (including phenoxy) is 2. The van der Waals surface area contributed by atoms with Crippen LogP contribution < -0.4 is 4.74 Å². The first-order valence-corrected chi connectivity index (χ1v) is 5.71. The number of rotatable bonds is 5. The van der Waals surface area contributed by atoms with Crippen molar-refractivity contribution < 1.29 is 14.6 Å². The third-order valence-corrected chi connectivity index (χ3v) is 2.47. The molecule has 2 aromatic rings. The summed E-state index contributed by atoms with van der Waals surface area (Å²) in [5, 5.41) is 11.7. The Labute approximate surface area is 101 Å². The molecule has 2 aromatic carbocycles. The molecule has 0 fully saturated rings. The number of hydrogen-bond acceptors (Lipinski definition) is 3. The molecule has 0 aliphatic heterocycles. The average molecular weight is 232 g/mol. The van der Waals surface area contributed by atoms with Gasteiger partial charge in [-0.15, -0.1) is 0 Å². The molecule has 0 amide bonds. The quantitative estimate of drug-likeness (QED) is 0.805. The van der Waals surface area contributed by atoms with Crippen LogP contribution in [0, 0.1) is 0 Å². The standard InChI is InChI=1S/C14H16O3/c1-2-16-14(15)10-17-13-8-7-11-5-3-4-6-12(11)9-13/h3-9,14-15H,2,10H2,1H3. The van der Waals surface area contributed by atoms with Gasteiger partial charge in [-0.3, -0.25) is 0 Å². The van der Waals surface area contributed by atoms with Crippen molar-refractivity contribution >= 4 is 10.8 Å². The number of benzene rings is 2. The van der Waals surface area contributed by atoms with E-state index in [0.29, 0.717) is 6.61 Å². The van der Waals surface area contributed by atoms with E-state index < -0.39 is 6.29 Å². The topological polar surface area (TPSA) is 38.7 Å². The summed E-state index contributed by atoms with van der Waals surface area (Å²) in [5.41, 5.74) is 0. The number of aliphatic hydroxyl groups excluding tert-OH is 1. The molecule has 0 bridgehead atoms. The molecule has 1 atom stereocenters. The lowest BCUT2D eigenvalue weighted by Crippen LogP contribution is -2.20. The average Bonchev–Trinajstić information content (AvgIpc) is 2.36. The molecule has 1 N–H and O–H groups in total. The minimum Gasteiger partial charge on any atom is -0.488 e. The van der Waals surface area contributed by atoms with Crippen LogP contribution in [0.4, 0.5) is 0 Å². The molecule has 17 heavy (non-hydrogen) atoms. The Balaban J connectivity index is 2.04. The van der Waals surface area contributed by atoms with E-state index in [0.717, 1.165) is 11.1 Å². The lowest BCUT2D eigenvalue weighted by molar-refractivity contribution is -0.115. The highest BCUT2D eigenvalue weighted by molar-refractivity contribution is 5.83. The van der Waals surface area contributed by atoms with Gasteiger partial charge in [-0.05, 0) is 29.8 Å². The summed E-state index contributed by atoms with van der Waals surface area (Å²) in [7, 11) is 0. The molecule has 0 aliphatic carbocycles. The Hall–Kier alpha value is -1.58. The van der Waals surface area contributed by atoms with Gasteiger partial charge in [0.15, 0.2) is 6.29 Å². The van der Waals surface area contributed by atoms with Crippen molar-refractivity contribution in [1.29, 1.82) is 0 Å². The van der Waals surface area contributed by atoms with Crippen LogP contribution in [-0.4, -0.2) is 24.6 Å². The molecular formula is C14H16O3. The fourth-order valence-corrected chi connectivity index (χ4v) is 1.67. The van der Waals surface area contributed by atoms with E-state index in [1.54, 1.807) is 0 Å². The van der Waals surface area contributed by atoms with Crippen molar-refractivity contribution in [3.63, 3.8) is 0 Å². The monoisotopic (exact) mass is 232 g/mol. The van der Waals surface area contributed by atoms with Gasteiger partial charge in [0.05, 0.1) is 0 Å². The molecule has 0 saturated heterocycles. The molecule has 3 nitrogen and oxygen atoms in total. The highest BCUT2D eigenvalue weighted by Crippen LogP contribution is 2.20. The third kappa shape index (κ3) is 3.19. The Bertz CT molecular complexity index is 482. The molecule has 2 rings (SSSR count). The van der Waals surface area contributed by atoms with E-state index in [1.807, 2.05) is 49.4 Å². The van der Waals surface area contributed by atoms with E-state index in [2.05, 4.69) is 0 Å². The van der Waals surface area contributed by atoms with E-state index in [1.165, 1.54) is 5.39 Å². The molecule has 0 spiro atoms. The van der Waals surface area contributed by atoms with Crippen LogP contribution >= 0.6 is 0 Å². The van der Waals surface area contributed by atoms with Crippen LogP contribution in [0.2, 0.25) is 0 Å². The van der Waals surface area contributed by atoms with Crippen LogP contribution in [-0.2, 0) is 4.74 Å². The van der Waals surface area contributed by atoms with E-state index in [-0.39, 0.29) is 6.61 Å². The summed E-state index contributed by atoms with van der Waals surface area (Å²) in [6.07, 6.45) is -0.869.